The number of nitrogens with zero attached hydrogens (tertiary/aromatic N) is 1. The van der Waals surface area contributed by atoms with E-state index in [1.54, 1.807) is 62.4 Å². The van der Waals surface area contributed by atoms with E-state index in [0.29, 0.717) is 24.3 Å². The third-order valence-electron chi connectivity index (χ3n) is 6.68. The van der Waals surface area contributed by atoms with Gasteiger partial charge in [-0.3, -0.25) is 9.69 Å². The Morgan fingerprint density at radius 3 is 2.12 bits per heavy atom. The second kappa shape index (κ2) is 13.7. The molecule has 41 heavy (non-hydrogen) atoms. The van der Waals surface area contributed by atoms with Gasteiger partial charge in [-0.1, -0.05) is 24.3 Å². The summed E-state index contributed by atoms with van der Waals surface area (Å²) >= 11 is 0. The molecule has 0 aromatic heterocycles. The Bertz CT molecular complexity index is 1330. The predicted octanol–water partition coefficient (Wildman–Crippen LogP) is 3.79. The fourth-order valence-electron chi connectivity index (χ4n) is 4.63. The molecule has 3 aromatic carbocycles. The smallest absolute Gasteiger partial charge is 0.338 e. The second-order valence-corrected chi connectivity index (χ2v) is 10.4. The van der Waals surface area contributed by atoms with Crippen molar-refractivity contribution in [3.05, 3.63) is 89.5 Å². The first kappa shape index (κ1) is 29.4. The molecule has 3 amide bonds. The van der Waals surface area contributed by atoms with Crippen molar-refractivity contribution in [2.75, 3.05) is 18.4 Å². The van der Waals surface area contributed by atoms with Crippen LogP contribution in [0.1, 0.15) is 41.8 Å². The molecule has 10 heteroatoms. The van der Waals surface area contributed by atoms with Crippen LogP contribution in [-0.2, 0) is 22.5 Å². The fourth-order valence-corrected chi connectivity index (χ4v) is 4.63. The molecule has 1 aliphatic rings. The maximum Gasteiger partial charge on any atom is 0.338 e. The van der Waals surface area contributed by atoms with Crippen LogP contribution in [0, 0.1) is 0 Å². The van der Waals surface area contributed by atoms with E-state index in [1.165, 1.54) is 12.1 Å². The number of nitrogens with one attached hydrogen (secondary N) is 3. The van der Waals surface area contributed by atoms with Gasteiger partial charge in [0.1, 0.15) is 17.5 Å². The third-order valence-corrected chi connectivity index (χ3v) is 6.68. The van der Waals surface area contributed by atoms with E-state index in [4.69, 9.17) is 4.74 Å². The largest absolute Gasteiger partial charge is 0.508 e. The molecule has 5 N–H and O–H groups in total. The molecule has 0 saturated carbocycles. The predicted molar refractivity (Wildman–Crippen MR) is 155 cm³/mol. The molecule has 1 unspecified atom stereocenters. The second-order valence-electron chi connectivity index (χ2n) is 10.4. The molecule has 4 rings (SSSR count). The number of esters is 1. The van der Waals surface area contributed by atoms with Crippen LogP contribution in [0.2, 0.25) is 0 Å². The number of phenols is 2. The molecular weight excluding hydrogens is 524 g/mol. The first-order valence-corrected chi connectivity index (χ1v) is 13.6. The Labute approximate surface area is 239 Å². The highest BCUT2D eigenvalue weighted by molar-refractivity contribution is 5.95. The average molecular weight is 561 g/mol. The lowest BCUT2D eigenvalue weighted by Crippen LogP contribution is -2.52. The molecule has 2 atom stereocenters. The molecule has 1 saturated heterocycles. The van der Waals surface area contributed by atoms with Gasteiger partial charge < -0.3 is 30.9 Å². The summed E-state index contributed by atoms with van der Waals surface area (Å²) in [5.41, 5.74) is 2.66. The van der Waals surface area contributed by atoms with Crippen molar-refractivity contribution in [3.8, 4) is 11.5 Å². The van der Waals surface area contributed by atoms with Crippen molar-refractivity contribution < 1.29 is 29.3 Å². The quantitative estimate of drug-likeness (QED) is 0.238. The van der Waals surface area contributed by atoms with E-state index in [-0.39, 0.29) is 36.0 Å². The summed E-state index contributed by atoms with van der Waals surface area (Å²) < 4.78 is 5.18. The standard InChI is InChI=1S/C31H36N4O6/c1-20(2)41-30(39)23-7-9-24(10-8-23)33-31(40)34-28(17-21-3-11-26(36)12-4-21)29(38)32-25-15-16-35(19-25)18-22-5-13-27(37)14-6-22/h3-14,20,25,28,36-37H,15-19H2,1-2H3,(H,32,38)(H2,33,34,40)/t25?,28-/m0/s1. The van der Waals surface area contributed by atoms with Gasteiger partial charge in [0.15, 0.2) is 0 Å². The minimum Gasteiger partial charge on any atom is -0.508 e. The van der Waals surface area contributed by atoms with Gasteiger partial charge >= 0.3 is 12.0 Å². The zero-order valence-corrected chi connectivity index (χ0v) is 23.2. The number of benzene rings is 3. The molecule has 216 valence electrons. The molecule has 3 aromatic rings. The SMILES string of the molecule is CC(C)OC(=O)c1ccc(NC(=O)N[C@@H](Cc2ccc(O)cc2)C(=O)NC2CCN(Cc3ccc(O)cc3)C2)cc1. The van der Waals surface area contributed by atoms with Crippen LogP contribution in [0.25, 0.3) is 0 Å². The molecule has 10 nitrogen and oxygen atoms in total. The zero-order valence-electron chi connectivity index (χ0n) is 23.2. The van der Waals surface area contributed by atoms with Crippen molar-refractivity contribution in [1.29, 1.82) is 0 Å². The van der Waals surface area contributed by atoms with Gasteiger partial charge in [-0.05, 0) is 79.9 Å². The minimum atomic E-state index is -0.869. The van der Waals surface area contributed by atoms with Crippen molar-refractivity contribution in [2.24, 2.45) is 0 Å². The highest BCUT2D eigenvalue weighted by Gasteiger charge is 2.28. The number of rotatable bonds is 10. The third kappa shape index (κ3) is 8.97. The topological polar surface area (TPSA) is 140 Å². The van der Waals surface area contributed by atoms with E-state index in [2.05, 4.69) is 20.9 Å². The van der Waals surface area contributed by atoms with Crippen molar-refractivity contribution >= 4 is 23.6 Å². The lowest BCUT2D eigenvalue weighted by atomic mass is 10.0. The monoisotopic (exact) mass is 560 g/mol. The summed E-state index contributed by atoms with van der Waals surface area (Å²) in [7, 11) is 0. The number of hydrogen-bond donors (Lipinski definition) is 5. The maximum atomic E-state index is 13.4. The molecule has 1 heterocycles. The van der Waals surface area contributed by atoms with Crippen molar-refractivity contribution in [3.63, 3.8) is 0 Å². The van der Waals surface area contributed by atoms with Gasteiger partial charge in [-0.2, -0.15) is 0 Å². The number of aromatic hydroxyl groups is 2. The van der Waals surface area contributed by atoms with Crippen molar-refractivity contribution in [2.45, 2.75) is 51.4 Å². The van der Waals surface area contributed by atoms with Gasteiger partial charge in [0.2, 0.25) is 5.91 Å². The van der Waals surface area contributed by atoms with E-state index >= 15 is 0 Å². The number of amides is 3. The number of ether oxygens (including phenoxy) is 1. The summed E-state index contributed by atoms with van der Waals surface area (Å²) in [5.74, 6) is -0.424. The summed E-state index contributed by atoms with van der Waals surface area (Å²) in [6.07, 6.45) is 0.756. The number of hydrogen-bond acceptors (Lipinski definition) is 7. The first-order valence-electron chi connectivity index (χ1n) is 13.6. The highest BCUT2D eigenvalue weighted by Crippen LogP contribution is 2.17. The maximum absolute atomic E-state index is 13.4. The van der Waals surface area contributed by atoms with Crippen LogP contribution >= 0.6 is 0 Å². The molecule has 1 aliphatic heterocycles. The Balaban J connectivity index is 1.36. The number of carbonyl (C=O) groups excluding carboxylic acids is 3. The van der Waals surface area contributed by atoms with Crippen LogP contribution in [-0.4, -0.2) is 64.3 Å². The lowest BCUT2D eigenvalue weighted by Gasteiger charge is -2.22. The van der Waals surface area contributed by atoms with Crippen LogP contribution < -0.4 is 16.0 Å². The molecule has 0 bridgehead atoms. The van der Waals surface area contributed by atoms with E-state index in [0.717, 1.165) is 24.1 Å². The molecule has 0 radical (unpaired) electrons. The summed E-state index contributed by atoms with van der Waals surface area (Å²) in [6.45, 7) is 5.71. The van der Waals surface area contributed by atoms with E-state index in [1.807, 2.05) is 12.1 Å². The number of phenolic OH excluding ortho intramolecular Hbond substituents is 2. The Morgan fingerprint density at radius 1 is 0.902 bits per heavy atom. The average Bonchev–Trinajstić information content (AvgIpc) is 3.37. The number of likely N-dealkylation sites (tertiary alicyclic amines) is 1. The van der Waals surface area contributed by atoms with E-state index in [9.17, 15) is 24.6 Å². The Morgan fingerprint density at radius 2 is 1.51 bits per heavy atom. The van der Waals surface area contributed by atoms with Gasteiger partial charge in [0, 0.05) is 37.8 Å². The van der Waals surface area contributed by atoms with Crippen LogP contribution in [0.4, 0.5) is 10.5 Å². The number of urea groups is 1. The fraction of sp³-hybridized carbons (Fsp3) is 0.323. The van der Waals surface area contributed by atoms with Gasteiger partial charge in [0.25, 0.3) is 0 Å². The van der Waals surface area contributed by atoms with Crippen LogP contribution in [0.15, 0.2) is 72.8 Å². The van der Waals surface area contributed by atoms with Gasteiger partial charge in [-0.15, -0.1) is 0 Å². The Kier molecular flexibility index (Phi) is 9.81. The molecule has 0 spiro atoms. The summed E-state index contributed by atoms with van der Waals surface area (Å²) in [4.78, 5) is 40.6. The molecule has 1 fully saturated rings. The van der Waals surface area contributed by atoms with Gasteiger partial charge in [0.05, 0.1) is 11.7 Å². The minimum absolute atomic E-state index is 0.0788. The van der Waals surface area contributed by atoms with Gasteiger partial charge in [-0.25, -0.2) is 9.59 Å². The normalized spacial score (nSPS) is 15.7. The van der Waals surface area contributed by atoms with Crippen LogP contribution in [0.5, 0.6) is 11.5 Å². The summed E-state index contributed by atoms with van der Waals surface area (Å²) in [6, 6.07) is 18.3. The molecule has 0 aliphatic carbocycles. The zero-order chi connectivity index (χ0) is 29.4. The first-order chi connectivity index (χ1) is 19.6. The number of anilines is 1. The van der Waals surface area contributed by atoms with Crippen LogP contribution in [0.3, 0.4) is 0 Å². The van der Waals surface area contributed by atoms with E-state index < -0.39 is 18.0 Å². The summed E-state index contributed by atoms with van der Waals surface area (Å²) in [5, 5.41) is 27.7. The Hall–Kier alpha value is -4.57. The molecular formula is C31H36N4O6. The number of carbonyl (C=O) groups is 3. The van der Waals surface area contributed by atoms with Crippen molar-refractivity contribution in [1.82, 2.24) is 15.5 Å². The highest BCUT2D eigenvalue weighted by atomic mass is 16.5. The lowest BCUT2D eigenvalue weighted by molar-refractivity contribution is -0.123.